The van der Waals surface area contributed by atoms with Crippen LogP contribution in [-0.4, -0.2) is 25.0 Å². The SMILES string of the molecule is C[NH+]1CCC2CCC(Br)CC2C1.[Br-]. The second-order valence-corrected chi connectivity index (χ2v) is 5.93. The number of nitrogens with one attached hydrogen (secondary N) is 1. The van der Waals surface area contributed by atoms with Gasteiger partial charge in [0, 0.05) is 10.7 Å². The molecule has 3 heteroatoms. The van der Waals surface area contributed by atoms with Gasteiger partial charge in [0.05, 0.1) is 20.1 Å². The Hall–Kier alpha value is 0.920. The fraction of sp³-hybridized carbons (Fsp3) is 1.00. The molecule has 0 amide bonds. The molecule has 1 saturated heterocycles. The van der Waals surface area contributed by atoms with Crippen LogP contribution in [0.1, 0.15) is 25.7 Å². The Balaban J connectivity index is 0.000000845. The Bertz CT molecular complexity index is 147. The predicted octanol–water partition coefficient (Wildman–Crippen LogP) is -1.91. The van der Waals surface area contributed by atoms with Crippen molar-refractivity contribution >= 4 is 15.9 Å². The van der Waals surface area contributed by atoms with Crippen LogP contribution in [-0.2, 0) is 0 Å². The van der Waals surface area contributed by atoms with Crippen LogP contribution in [0.15, 0.2) is 0 Å². The third-order valence-electron chi connectivity index (χ3n) is 3.63. The summed E-state index contributed by atoms with van der Waals surface area (Å²) in [6, 6.07) is 0. The second kappa shape index (κ2) is 5.13. The lowest BCUT2D eigenvalue weighted by atomic mass is 9.75. The van der Waals surface area contributed by atoms with Crippen molar-refractivity contribution in [3.63, 3.8) is 0 Å². The molecular formula is C10H19Br2N. The van der Waals surface area contributed by atoms with Crippen LogP contribution in [0.3, 0.4) is 0 Å². The summed E-state index contributed by atoms with van der Waals surface area (Å²) >= 11 is 3.76. The Morgan fingerprint density at radius 1 is 1.15 bits per heavy atom. The molecule has 2 fully saturated rings. The van der Waals surface area contributed by atoms with Gasteiger partial charge in [-0.15, -0.1) is 0 Å². The summed E-state index contributed by atoms with van der Waals surface area (Å²) in [5.41, 5.74) is 0. The van der Waals surface area contributed by atoms with Crippen molar-refractivity contribution in [2.45, 2.75) is 30.5 Å². The quantitative estimate of drug-likeness (QED) is 0.498. The van der Waals surface area contributed by atoms with E-state index in [0.29, 0.717) is 0 Å². The Kier molecular flexibility index (Phi) is 4.73. The van der Waals surface area contributed by atoms with Crippen LogP contribution in [0.5, 0.6) is 0 Å². The topological polar surface area (TPSA) is 4.44 Å². The molecule has 78 valence electrons. The summed E-state index contributed by atoms with van der Waals surface area (Å²) in [5, 5.41) is 0. The lowest BCUT2D eigenvalue weighted by Crippen LogP contribution is -3.11. The molecule has 0 spiro atoms. The minimum atomic E-state index is 0. The first kappa shape index (κ1) is 12.0. The van der Waals surface area contributed by atoms with Crippen LogP contribution in [0.4, 0.5) is 0 Å². The molecule has 1 aliphatic carbocycles. The minimum Gasteiger partial charge on any atom is -1.00 e. The molecule has 0 aromatic rings. The van der Waals surface area contributed by atoms with E-state index < -0.39 is 0 Å². The first-order chi connectivity index (χ1) is 5.75. The summed E-state index contributed by atoms with van der Waals surface area (Å²) in [5.74, 6) is 2.10. The molecule has 4 unspecified atom stereocenters. The fourth-order valence-corrected chi connectivity index (χ4v) is 3.63. The average molecular weight is 313 g/mol. The van der Waals surface area contributed by atoms with Gasteiger partial charge < -0.3 is 21.9 Å². The van der Waals surface area contributed by atoms with E-state index in [0.717, 1.165) is 16.7 Å². The Morgan fingerprint density at radius 3 is 2.69 bits per heavy atom. The number of hydrogen-bond acceptors (Lipinski definition) is 0. The van der Waals surface area contributed by atoms with Crippen molar-refractivity contribution in [3.8, 4) is 0 Å². The predicted molar refractivity (Wildman–Crippen MR) is 54.8 cm³/mol. The molecule has 1 heterocycles. The van der Waals surface area contributed by atoms with Crippen molar-refractivity contribution in [1.82, 2.24) is 0 Å². The highest BCUT2D eigenvalue weighted by atomic mass is 79.9. The zero-order chi connectivity index (χ0) is 8.55. The van der Waals surface area contributed by atoms with Crippen LogP contribution in [0.25, 0.3) is 0 Å². The monoisotopic (exact) mass is 311 g/mol. The van der Waals surface area contributed by atoms with E-state index >= 15 is 0 Å². The standard InChI is InChI=1S/C10H18BrN.BrH/c1-12-5-4-8-2-3-10(11)6-9(8)7-12;/h8-10H,2-7H2,1H3;1H. The molecule has 0 radical (unpaired) electrons. The number of alkyl halides is 1. The molecule has 4 atom stereocenters. The van der Waals surface area contributed by atoms with E-state index in [2.05, 4.69) is 23.0 Å². The summed E-state index contributed by atoms with van der Waals surface area (Å²) in [6.45, 7) is 2.83. The van der Waals surface area contributed by atoms with Gasteiger partial charge in [-0.1, -0.05) is 15.9 Å². The van der Waals surface area contributed by atoms with Crippen molar-refractivity contribution in [1.29, 1.82) is 0 Å². The number of halogens is 2. The van der Waals surface area contributed by atoms with E-state index in [4.69, 9.17) is 0 Å². The lowest BCUT2D eigenvalue weighted by Gasteiger charge is -2.39. The molecule has 0 aromatic carbocycles. The average Bonchev–Trinajstić information content (AvgIpc) is 2.03. The number of hydrogen-bond donors (Lipinski definition) is 1. The molecule has 1 aliphatic heterocycles. The molecule has 1 N–H and O–H groups in total. The van der Waals surface area contributed by atoms with Crippen LogP contribution < -0.4 is 21.9 Å². The highest BCUT2D eigenvalue weighted by molar-refractivity contribution is 9.09. The van der Waals surface area contributed by atoms with Crippen molar-refractivity contribution in [3.05, 3.63) is 0 Å². The first-order valence-electron chi connectivity index (χ1n) is 5.21. The molecular weight excluding hydrogens is 294 g/mol. The van der Waals surface area contributed by atoms with Crippen molar-refractivity contribution < 1.29 is 21.9 Å². The third kappa shape index (κ3) is 2.93. The van der Waals surface area contributed by atoms with Gasteiger partial charge in [-0.05, 0) is 31.6 Å². The maximum absolute atomic E-state index is 3.76. The number of likely N-dealkylation sites (tertiary alicyclic amines) is 1. The summed E-state index contributed by atoms with van der Waals surface area (Å²) in [7, 11) is 2.34. The summed E-state index contributed by atoms with van der Waals surface area (Å²) in [6.07, 6.45) is 5.81. The van der Waals surface area contributed by atoms with Crippen molar-refractivity contribution in [2.75, 3.05) is 20.1 Å². The van der Waals surface area contributed by atoms with Gasteiger partial charge in [-0.25, -0.2) is 0 Å². The van der Waals surface area contributed by atoms with Crippen molar-refractivity contribution in [2.24, 2.45) is 11.8 Å². The molecule has 1 nitrogen and oxygen atoms in total. The molecule has 1 saturated carbocycles. The third-order valence-corrected chi connectivity index (χ3v) is 4.46. The second-order valence-electron chi connectivity index (χ2n) is 4.63. The largest absolute Gasteiger partial charge is 1.00 e. The van der Waals surface area contributed by atoms with E-state index in [1.165, 1.54) is 38.8 Å². The molecule has 2 rings (SSSR count). The lowest BCUT2D eigenvalue weighted by molar-refractivity contribution is -0.890. The number of rotatable bonds is 0. The normalized spacial score (nSPS) is 44.8. The van der Waals surface area contributed by atoms with Gasteiger partial charge in [0.25, 0.3) is 0 Å². The highest BCUT2D eigenvalue weighted by Gasteiger charge is 2.34. The highest BCUT2D eigenvalue weighted by Crippen LogP contribution is 2.35. The van der Waals surface area contributed by atoms with Gasteiger partial charge in [0.1, 0.15) is 0 Å². The summed E-state index contributed by atoms with van der Waals surface area (Å²) in [4.78, 5) is 2.57. The number of piperidine rings is 1. The van der Waals surface area contributed by atoms with Gasteiger partial charge in [0.15, 0.2) is 0 Å². The minimum absolute atomic E-state index is 0. The zero-order valence-electron chi connectivity index (χ0n) is 8.23. The molecule has 13 heavy (non-hydrogen) atoms. The first-order valence-corrected chi connectivity index (χ1v) is 6.12. The van der Waals surface area contributed by atoms with Gasteiger partial charge in [0.2, 0.25) is 0 Å². The number of fused-ring (bicyclic) bond motifs is 1. The van der Waals surface area contributed by atoms with Gasteiger partial charge >= 0.3 is 0 Å². The fourth-order valence-electron chi connectivity index (χ4n) is 2.88. The van der Waals surface area contributed by atoms with E-state index in [9.17, 15) is 0 Å². The molecule has 0 aromatic heterocycles. The number of quaternary nitrogens is 1. The van der Waals surface area contributed by atoms with E-state index in [-0.39, 0.29) is 17.0 Å². The smallest absolute Gasteiger partial charge is 0.0800 e. The van der Waals surface area contributed by atoms with Crippen LogP contribution in [0.2, 0.25) is 0 Å². The maximum Gasteiger partial charge on any atom is 0.0800 e. The Morgan fingerprint density at radius 2 is 1.92 bits per heavy atom. The van der Waals surface area contributed by atoms with Crippen LogP contribution >= 0.6 is 15.9 Å². The zero-order valence-corrected chi connectivity index (χ0v) is 11.4. The van der Waals surface area contributed by atoms with Gasteiger partial charge in [-0.2, -0.15) is 0 Å². The Labute approximate surface area is 100 Å². The summed E-state index contributed by atoms with van der Waals surface area (Å²) < 4.78 is 0. The maximum atomic E-state index is 3.76. The van der Waals surface area contributed by atoms with Crippen LogP contribution in [0, 0.1) is 11.8 Å². The van der Waals surface area contributed by atoms with Gasteiger partial charge in [-0.3, -0.25) is 0 Å². The molecule has 2 aliphatic rings. The molecule has 0 bridgehead atoms. The van der Waals surface area contributed by atoms with E-state index in [1.54, 1.807) is 4.90 Å². The van der Waals surface area contributed by atoms with E-state index in [1.807, 2.05) is 0 Å².